The lowest BCUT2D eigenvalue weighted by atomic mass is 9.88. The summed E-state index contributed by atoms with van der Waals surface area (Å²) < 4.78 is 13.6. The number of hydrogen-bond donors (Lipinski definition) is 2. The first kappa shape index (κ1) is 20.2. The number of nitrogens with one attached hydrogen (secondary N) is 2. The van der Waals surface area contributed by atoms with Gasteiger partial charge in [0.05, 0.1) is 0 Å². The summed E-state index contributed by atoms with van der Waals surface area (Å²) >= 11 is 0. The topological polar surface area (TPSA) is 24.1 Å². The van der Waals surface area contributed by atoms with Gasteiger partial charge >= 0.3 is 0 Å². The van der Waals surface area contributed by atoms with E-state index < -0.39 is 0 Å². The van der Waals surface area contributed by atoms with Crippen molar-refractivity contribution < 1.29 is 4.39 Å². The first-order valence-electron chi connectivity index (χ1n) is 10.1. The fourth-order valence-electron chi connectivity index (χ4n) is 3.49. The standard InChI is InChI=1S/C25H29FN2/c26-25-14-8-7-13-23(25)15-17-27-19-20-28-18-16-24(21-9-3-1-4-10-21)22-11-5-2-6-12-22/h1-14,24,27-28H,15-20H2. The zero-order valence-electron chi connectivity index (χ0n) is 16.3. The maximum Gasteiger partial charge on any atom is 0.126 e. The largest absolute Gasteiger partial charge is 0.315 e. The summed E-state index contributed by atoms with van der Waals surface area (Å²) in [4.78, 5) is 0. The molecule has 2 nitrogen and oxygen atoms in total. The quantitative estimate of drug-likeness (QED) is 0.471. The van der Waals surface area contributed by atoms with E-state index in [0.29, 0.717) is 5.92 Å². The summed E-state index contributed by atoms with van der Waals surface area (Å²) in [6.07, 6.45) is 1.78. The highest BCUT2D eigenvalue weighted by molar-refractivity contribution is 5.32. The van der Waals surface area contributed by atoms with E-state index in [4.69, 9.17) is 0 Å². The molecule has 0 heterocycles. The minimum Gasteiger partial charge on any atom is -0.315 e. The van der Waals surface area contributed by atoms with Gasteiger partial charge in [-0.1, -0.05) is 78.9 Å². The van der Waals surface area contributed by atoms with E-state index in [1.54, 1.807) is 6.07 Å². The van der Waals surface area contributed by atoms with Gasteiger partial charge in [-0.3, -0.25) is 0 Å². The Morgan fingerprint density at radius 2 is 1.14 bits per heavy atom. The molecule has 0 saturated heterocycles. The van der Waals surface area contributed by atoms with Crippen LogP contribution in [-0.2, 0) is 6.42 Å². The molecule has 0 radical (unpaired) electrons. The van der Waals surface area contributed by atoms with E-state index in [2.05, 4.69) is 71.3 Å². The third-order valence-electron chi connectivity index (χ3n) is 5.02. The molecule has 0 spiro atoms. The fourth-order valence-corrected chi connectivity index (χ4v) is 3.49. The van der Waals surface area contributed by atoms with Crippen LogP contribution in [0.25, 0.3) is 0 Å². The van der Waals surface area contributed by atoms with Crippen LogP contribution < -0.4 is 10.6 Å². The Bertz CT molecular complexity index is 766. The van der Waals surface area contributed by atoms with Crippen LogP contribution in [0.15, 0.2) is 84.9 Å². The highest BCUT2D eigenvalue weighted by Crippen LogP contribution is 2.27. The van der Waals surface area contributed by atoms with E-state index in [1.165, 1.54) is 17.2 Å². The van der Waals surface area contributed by atoms with Gasteiger partial charge in [-0.05, 0) is 48.7 Å². The molecule has 0 amide bonds. The highest BCUT2D eigenvalue weighted by Gasteiger charge is 2.13. The van der Waals surface area contributed by atoms with Crippen molar-refractivity contribution in [2.45, 2.75) is 18.8 Å². The van der Waals surface area contributed by atoms with Crippen LogP contribution in [-0.4, -0.2) is 26.2 Å². The lowest BCUT2D eigenvalue weighted by Gasteiger charge is -2.18. The van der Waals surface area contributed by atoms with Crippen molar-refractivity contribution in [2.24, 2.45) is 0 Å². The van der Waals surface area contributed by atoms with Crippen molar-refractivity contribution in [3.05, 3.63) is 107 Å². The van der Waals surface area contributed by atoms with Crippen molar-refractivity contribution in [1.29, 1.82) is 0 Å². The van der Waals surface area contributed by atoms with Crippen LogP contribution in [0.1, 0.15) is 29.0 Å². The molecule has 0 aromatic heterocycles. The minimum absolute atomic E-state index is 0.115. The van der Waals surface area contributed by atoms with Crippen LogP contribution in [0.3, 0.4) is 0 Å². The smallest absolute Gasteiger partial charge is 0.126 e. The van der Waals surface area contributed by atoms with Gasteiger partial charge in [-0.15, -0.1) is 0 Å². The monoisotopic (exact) mass is 376 g/mol. The molecule has 0 atom stereocenters. The molecule has 0 bridgehead atoms. The van der Waals surface area contributed by atoms with Gasteiger partial charge in [0.15, 0.2) is 0 Å². The van der Waals surface area contributed by atoms with Crippen molar-refractivity contribution >= 4 is 0 Å². The number of hydrogen-bond acceptors (Lipinski definition) is 2. The molecular formula is C25H29FN2. The summed E-state index contributed by atoms with van der Waals surface area (Å²) in [7, 11) is 0. The molecule has 3 aromatic carbocycles. The van der Waals surface area contributed by atoms with Gasteiger partial charge < -0.3 is 10.6 Å². The first-order chi connectivity index (χ1) is 13.8. The fraction of sp³-hybridized carbons (Fsp3) is 0.280. The van der Waals surface area contributed by atoms with E-state index in [-0.39, 0.29) is 5.82 Å². The Balaban J connectivity index is 1.37. The van der Waals surface area contributed by atoms with Gasteiger partial charge in [0, 0.05) is 19.0 Å². The lowest BCUT2D eigenvalue weighted by Crippen LogP contribution is -2.29. The van der Waals surface area contributed by atoms with E-state index in [0.717, 1.165) is 44.6 Å². The third-order valence-corrected chi connectivity index (χ3v) is 5.02. The molecule has 0 saturated carbocycles. The summed E-state index contributed by atoms with van der Waals surface area (Å²) in [6, 6.07) is 28.4. The Kier molecular flexibility index (Phi) is 8.23. The maximum absolute atomic E-state index is 13.6. The van der Waals surface area contributed by atoms with E-state index in [9.17, 15) is 4.39 Å². The second-order valence-electron chi connectivity index (χ2n) is 7.00. The second-order valence-corrected chi connectivity index (χ2v) is 7.00. The average Bonchev–Trinajstić information content (AvgIpc) is 2.75. The molecule has 2 N–H and O–H groups in total. The Hall–Kier alpha value is -2.49. The number of rotatable bonds is 11. The molecular weight excluding hydrogens is 347 g/mol. The molecule has 3 rings (SSSR count). The Labute approximate surface area is 167 Å². The van der Waals surface area contributed by atoms with Gasteiger partial charge in [-0.25, -0.2) is 4.39 Å². The van der Waals surface area contributed by atoms with Crippen molar-refractivity contribution in [3.8, 4) is 0 Å². The van der Waals surface area contributed by atoms with E-state index >= 15 is 0 Å². The molecule has 146 valence electrons. The average molecular weight is 377 g/mol. The molecule has 0 unspecified atom stereocenters. The zero-order chi connectivity index (χ0) is 19.4. The summed E-state index contributed by atoms with van der Waals surface area (Å²) in [5.74, 6) is 0.291. The third kappa shape index (κ3) is 6.29. The number of benzene rings is 3. The zero-order valence-corrected chi connectivity index (χ0v) is 16.3. The molecule has 28 heavy (non-hydrogen) atoms. The van der Waals surface area contributed by atoms with Crippen LogP contribution in [0, 0.1) is 5.82 Å². The SMILES string of the molecule is Fc1ccccc1CCNCCNCCC(c1ccccc1)c1ccccc1. The lowest BCUT2D eigenvalue weighted by molar-refractivity contribution is 0.570. The summed E-state index contributed by atoms with van der Waals surface area (Å²) in [6.45, 7) is 3.55. The second kappa shape index (κ2) is 11.4. The molecule has 0 aliphatic heterocycles. The summed E-state index contributed by atoms with van der Waals surface area (Å²) in [5, 5.41) is 6.91. The van der Waals surface area contributed by atoms with Gasteiger partial charge in [-0.2, -0.15) is 0 Å². The van der Waals surface area contributed by atoms with Gasteiger partial charge in [0.2, 0.25) is 0 Å². The predicted molar refractivity (Wildman–Crippen MR) is 115 cm³/mol. The van der Waals surface area contributed by atoms with E-state index in [1.807, 2.05) is 12.1 Å². The normalized spacial score (nSPS) is 11.1. The molecule has 0 aliphatic rings. The molecule has 0 aliphatic carbocycles. The Morgan fingerprint density at radius 3 is 1.75 bits per heavy atom. The van der Waals surface area contributed by atoms with Crippen LogP contribution >= 0.6 is 0 Å². The first-order valence-corrected chi connectivity index (χ1v) is 10.1. The molecule has 0 fully saturated rings. The van der Waals surface area contributed by atoms with Crippen LogP contribution in [0.5, 0.6) is 0 Å². The van der Waals surface area contributed by atoms with Gasteiger partial charge in [0.25, 0.3) is 0 Å². The maximum atomic E-state index is 13.6. The van der Waals surface area contributed by atoms with Gasteiger partial charge in [0.1, 0.15) is 5.82 Å². The van der Waals surface area contributed by atoms with Crippen LogP contribution in [0.4, 0.5) is 4.39 Å². The van der Waals surface area contributed by atoms with Crippen LogP contribution in [0.2, 0.25) is 0 Å². The predicted octanol–water partition coefficient (Wildman–Crippen LogP) is 4.77. The van der Waals surface area contributed by atoms with Crippen molar-refractivity contribution in [2.75, 3.05) is 26.2 Å². The molecule has 3 aromatic rings. The molecule has 3 heteroatoms. The Morgan fingerprint density at radius 1 is 0.607 bits per heavy atom. The van der Waals surface area contributed by atoms with Crippen molar-refractivity contribution in [1.82, 2.24) is 10.6 Å². The highest BCUT2D eigenvalue weighted by atomic mass is 19.1. The van der Waals surface area contributed by atoms with Crippen molar-refractivity contribution in [3.63, 3.8) is 0 Å². The number of halogens is 1. The summed E-state index contributed by atoms with van der Waals surface area (Å²) in [5.41, 5.74) is 3.49. The minimum atomic E-state index is -0.115.